The number of nitrogens with zero attached hydrogens (tertiary/aromatic N) is 3. The zero-order valence-electron chi connectivity index (χ0n) is 16.7. The average Bonchev–Trinajstić information content (AvgIpc) is 2.73. The highest BCUT2D eigenvalue weighted by Crippen LogP contribution is 2.31. The van der Waals surface area contributed by atoms with E-state index in [0.717, 1.165) is 6.26 Å². The molecular formula is C20H23N3O6S. The van der Waals surface area contributed by atoms with Gasteiger partial charge >= 0.3 is 0 Å². The number of para-hydroxylation sites is 1. The van der Waals surface area contributed by atoms with E-state index >= 15 is 0 Å². The van der Waals surface area contributed by atoms with Crippen molar-refractivity contribution in [3.63, 3.8) is 0 Å². The summed E-state index contributed by atoms with van der Waals surface area (Å²) in [6.45, 7) is 0.688. The maximum Gasteiger partial charge on any atom is 0.270 e. The second-order valence-corrected chi connectivity index (χ2v) is 9.20. The number of non-ortho nitro benzene ring substituents is 1. The number of nitro benzene ring substituents is 1. The van der Waals surface area contributed by atoms with Gasteiger partial charge in [-0.1, -0.05) is 18.2 Å². The number of likely N-dealkylation sites (tertiary alicyclic amines) is 1. The molecule has 0 aromatic heterocycles. The molecule has 0 spiro atoms. The number of hydrogen-bond donors (Lipinski definition) is 0. The lowest BCUT2D eigenvalue weighted by Crippen LogP contribution is -2.47. The molecule has 1 fully saturated rings. The molecular weight excluding hydrogens is 410 g/mol. The molecule has 0 atom stereocenters. The third-order valence-electron chi connectivity index (χ3n) is 5.16. The van der Waals surface area contributed by atoms with Crippen molar-refractivity contribution in [1.82, 2.24) is 9.21 Å². The number of amides is 1. The van der Waals surface area contributed by atoms with Crippen LogP contribution >= 0.6 is 0 Å². The Bertz CT molecular complexity index is 1030. The van der Waals surface area contributed by atoms with Gasteiger partial charge in [0.1, 0.15) is 11.5 Å². The Kier molecular flexibility index (Phi) is 6.37. The van der Waals surface area contributed by atoms with Crippen LogP contribution in [-0.4, -0.2) is 60.9 Å². The van der Waals surface area contributed by atoms with Crippen molar-refractivity contribution in [2.75, 3.05) is 26.4 Å². The molecule has 2 aromatic rings. The fourth-order valence-electron chi connectivity index (χ4n) is 3.38. The fraction of sp³-hybridized carbons (Fsp3) is 0.350. The fourth-order valence-corrected chi connectivity index (χ4v) is 4.13. The molecule has 0 bridgehead atoms. The van der Waals surface area contributed by atoms with Gasteiger partial charge in [-0.15, -0.1) is 0 Å². The van der Waals surface area contributed by atoms with E-state index in [4.69, 9.17) is 4.74 Å². The molecule has 1 saturated heterocycles. The van der Waals surface area contributed by atoms with Gasteiger partial charge in [-0.25, -0.2) is 12.7 Å². The van der Waals surface area contributed by atoms with Crippen LogP contribution in [0.3, 0.4) is 0 Å². The third-order valence-corrected chi connectivity index (χ3v) is 6.51. The molecule has 2 aromatic carbocycles. The first-order chi connectivity index (χ1) is 14.2. The van der Waals surface area contributed by atoms with Gasteiger partial charge in [0, 0.05) is 38.3 Å². The molecule has 160 valence electrons. The first-order valence-corrected chi connectivity index (χ1v) is 11.3. The number of carbonyl (C=O) groups is 1. The molecule has 30 heavy (non-hydrogen) atoms. The van der Waals surface area contributed by atoms with Crippen LogP contribution in [0, 0.1) is 10.1 Å². The van der Waals surface area contributed by atoms with E-state index in [2.05, 4.69) is 0 Å². The number of carbonyl (C=O) groups excluding carboxylic acids is 1. The molecule has 10 heteroatoms. The van der Waals surface area contributed by atoms with E-state index in [0.29, 0.717) is 31.7 Å². The van der Waals surface area contributed by atoms with Crippen molar-refractivity contribution in [2.24, 2.45) is 0 Å². The quantitative estimate of drug-likeness (QED) is 0.512. The minimum Gasteiger partial charge on any atom is -0.457 e. The zero-order chi connectivity index (χ0) is 21.9. The van der Waals surface area contributed by atoms with Crippen molar-refractivity contribution in [1.29, 1.82) is 0 Å². The van der Waals surface area contributed by atoms with Gasteiger partial charge in [-0.05, 0) is 31.0 Å². The Morgan fingerprint density at radius 3 is 2.37 bits per heavy atom. The molecule has 0 aliphatic carbocycles. The van der Waals surface area contributed by atoms with Crippen LogP contribution in [0.15, 0.2) is 48.5 Å². The Labute approximate surface area is 175 Å². The van der Waals surface area contributed by atoms with Crippen LogP contribution in [0.4, 0.5) is 5.69 Å². The van der Waals surface area contributed by atoms with Crippen LogP contribution in [0.25, 0.3) is 0 Å². The number of benzene rings is 2. The second kappa shape index (κ2) is 8.80. The van der Waals surface area contributed by atoms with Crippen molar-refractivity contribution in [3.05, 3.63) is 64.2 Å². The third kappa shape index (κ3) is 4.95. The normalized spacial score (nSPS) is 15.2. The Hall–Kier alpha value is -2.98. The van der Waals surface area contributed by atoms with Gasteiger partial charge in [0.05, 0.1) is 16.7 Å². The molecule has 0 saturated carbocycles. The van der Waals surface area contributed by atoms with Crippen LogP contribution in [0.5, 0.6) is 11.5 Å². The summed E-state index contributed by atoms with van der Waals surface area (Å²) in [6, 6.07) is 12.6. The lowest BCUT2D eigenvalue weighted by atomic mass is 10.0. The van der Waals surface area contributed by atoms with Crippen molar-refractivity contribution in [3.8, 4) is 11.5 Å². The van der Waals surface area contributed by atoms with Crippen molar-refractivity contribution in [2.45, 2.75) is 18.9 Å². The van der Waals surface area contributed by atoms with Crippen LogP contribution in [0.1, 0.15) is 23.2 Å². The smallest absolute Gasteiger partial charge is 0.270 e. The number of rotatable bonds is 6. The van der Waals surface area contributed by atoms with E-state index in [9.17, 15) is 23.3 Å². The summed E-state index contributed by atoms with van der Waals surface area (Å²) in [4.78, 5) is 25.4. The summed E-state index contributed by atoms with van der Waals surface area (Å²) in [6.07, 6.45) is 2.12. The summed E-state index contributed by atoms with van der Waals surface area (Å²) in [5.41, 5.74) is -0.103. The van der Waals surface area contributed by atoms with Crippen LogP contribution in [0.2, 0.25) is 0 Å². The molecule has 9 nitrogen and oxygen atoms in total. The molecule has 1 heterocycles. The standard InChI is InChI=1S/C20H23N3O6S/c1-21(30(2,27)28)15-10-12-22(13-11-15)20(24)18-14-16(23(25)26)8-9-19(18)29-17-6-4-3-5-7-17/h3-9,14-15H,10-13H2,1-2H3. The largest absolute Gasteiger partial charge is 0.457 e. The number of nitro groups is 1. The van der Waals surface area contributed by atoms with Crippen LogP contribution < -0.4 is 4.74 Å². The Morgan fingerprint density at radius 1 is 1.17 bits per heavy atom. The van der Waals surface area contributed by atoms with Crippen molar-refractivity contribution >= 4 is 21.6 Å². The topological polar surface area (TPSA) is 110 Å². The minimum atomic E-state index is -3.31. The number of piperidine rings is 1. The summed E-state index contributed by atoms with van der Waals surface area (Å²) < 4.78 is 30.6. The molecule has 3 rings (SSSR count). The van der Waals surface area contributed by atoms with Crippen molar-refractivity contribution < 1.29 is 22.9 Å². The predicted octanol–water partition coefficient (Wildman–Crippen LogP) is 2.88. The Morgan fingerprint density at radius 2 is 1.80 bits per heavy atom. The van der Waals surface area contributed by atoms with E-state index < -0.39 is 14.9 Å². The molecule has 1 aliphatic rings. The molecule has 0 radical (unpaired) electrons. The van der Waals surface area contributed by atoms with Gasteiger partial charge in [0.15, 0.2) is 0 Å². The van der Waals surface area contributed by atoms with Gasteiger partial charge < -0.3 is 9.64 Å². The lowest BCUT2D eigenvalue weighted by Gasteiger charge is -2.35. The summed E-state index contributed by atoms with van der Waals surface area (Å²) in [5.74, 6) is 0.353. The highest BCUT2D eigenvalue weighted by Gasteiger charge is 2.31. The zero-order valence-corrected chi connectivity index (χ0v) is 17.5. The highest BCUT2D eigenvalue weighted by molar-refractivity contribution is 7.88. The average molecular weight is 433 g/mol. The molecule has 0 unspecified atom stereocenters. The number of sulfonamides is 1. The maximum absolute atomic E-state index is 13.2. The Balaban J connectivity index is 1.82. The van der Waals surface area contributed by atoms with E-state index in [-0.39, 0.29) is 28.9 Å². The predicted molar refractivity (Wildman–Crippen MR) is 111 cm³/mol. The summed E-state index contributed by atoms with van der Waals surface area (Å²) in [5, 5.41) is 11.2. The van der Waals surface area contributed by atoms with Gasteiger partial charge in [-0.2, -0.15) is 0 Å². The van der Waals surface area contributed by atoms with E-state index in [1.54, 1.807) is 29.2 Å². The highest BCUT2D eigenvalue weighted by atomic mass is 32.2. The summed E-state index contributed by atoms with van der Waals surface area (Å²) in [7, 11) is -1.78. The maximum atomic E-state index is 13.2. The lowest BCUT2D eigenvalue weighted by molar-refractivity contribution is -0.384. The van der Waals surface area contributed by atoms with Gasteiger partial charge in [0.2, 0.25) is 10.0 Å². The second-order valence-electron chi connectivity index (χ2n) is 7.16. The molecule has 0 N–H and O–H groups in total. The number of ether oxygens (including phenoxy) is 1. The first-order valence-electron chi connectivity index (χ1n) is 9.40. The van der Waals surface area contributed by atoms with E-state index in [1.165, 1.54) is 29.6 Å². The van der Waals surface area contributed by atoms with Gasteiger partial charge in [-0.3, -0.25) is 14.9 Å². The van der Waals surface area contributed by atoms with E-state index in [1.807, 2.05) is 6.07 Å². The minimum absolute atomic E-state index is 0.1000. The first kappa shape index (κ1) is 21.7. The SMILES string of the molecule is CN(C1CCN(C(=O)c2cc([N+](=O)[O-])ccc2Oc2ccccc2)CC1)S(C)(=O)=O. The van der Waals surface area contributed by atoms with Gasteiger partial charge in [0.25, 0.3) is 11.6 Å². The molecule has 1 amide bonds. The number of hydrogen-bond acceptors (Lipinski definition) is 6. The van der Waals surface area contributed by atoms with Crippen LogP contribution in [-0.2, 0) is 10.0 Å². The summed E-state index contributed by atoms with van der Waals surface area (Å²) >= 11 is 0. The monoisotopic (exact) mass is 433 g/mol. The molecule has 1 aliphatic heterocycles.